The zero-order chi connectivity index (χ0) is 25.6. The molecule has 12 heteroatoms. The van der Waals surface area contributed by atoms with Crippen LogP contribution in [0.4, 0.5) is 32.4 Å². The van der Waals surface area contributed by atoms with Crippen LogP contribution >= 0.6 is 0 Å². The number of hydrogen-bond acceptors (Lipinski definition) is 4. The average Bonchev–Trinajstić information content (AvgIpc) is 3.45. The molecule has 1 fully saturated rings. The quantitative estimate of drug-likeness (QED) is 0.371. The molecule has 0 radical (unpaired) electrons. The summed E-state index contributed by atoms with van der Waals surface area (Å²) in [6.07, 6.45) is 0.101. The van der Waals surface area contributed by atoms with Gasteiger partial charge in [-0.2, -0.15) is 27.1 Å². The predicted molar refractivity (Wildman–Crippen MR) is 119 cm³/mol. The van der Waals surface area contributed by atoms with Crippen LogP contribution in [0, 0.1) is 5.92 Å². The summed E-state index contributed by atoms with van der Waals surface area (Å²) in [7, 11) is 0. The molecular formula is C23H29F5N4O3. The number of anilines is 1. The molecule has 1 amide bonds. The smallest absolute Gasteiger partial charge is 0.435 e. The molecule has 7 nitrogen and oxygen atoms in total. The van der Waals surface area contributed by atoms with Gasteiger partial charge in [-0.05, 0) is 49.6 Å². The van der Waals surface area contributed by atoms with E-state index in [1.165, 1.54) is 23.2 Å². The second-order valence-corrected chi connectivity index (χ2v) is 9.00. The van der Waals surface area contributed by atoms with Gasteiger partial charge in [0, 0.05) is 25.0 Å². The number of rotatable bonds is 11. The lowest BCUT2D eigenvalue weighted by atomic mass is 9.86. The molecule has 194 valence electrons. The molecule has 1 aromatic heterocycles. The van der Waals surface area contributed by atoms with E-state index in [9.17, 15) is 31.9 Å². The van der Waals surface area contributed by atoms with Crippen LogP contribution in [0.2, 0.25) is 0 Å². The number of carboxylic acid groups (broad SMARTS) is 1. The average molecular weight is 505 g/mol. The highest BCUT2D eigenvalue weighted by Crippen LogP contribution is 2.35. The number of alkyl halides is 5. The van der Waals surface area contributed by atoms with E-state index < -0.39 is 30.1 Å². The molecule has 1 atom stereocenters. The molecule has 0 unspecified atom stereocenters. The van der Waals surface area contributed by atoms with Gasteiger partial charge in [-0.25, -0.2) is 4.79 Å². The number of aromatic nitrogens is 2. The van der Waals surface area contributed by atoms with E-state index in [-0.39, 0.29) is 25.4 Å². The van der Waals surface area contributed by atoms with Crippen molar-refractivity contribution >= 4 is 11.8 Å². The number of nitrogens with zero attached hydrogens (tertiary/aromatic N) is 3. The van der Waals surface area contributed by atoms with Gasteiger partial charge >= 0.3 is 18.9 Å². The minimum absolute atomic E-state index is 0.00359. The number of ether oxygens (including phenoxy) is 1. The lowest BCUT2D eigenvalue weighted by Crippen LogP contribution is -2.55. The van der Waals surface area contributed by atoms with Gasteiger partial charge < -0.3 is 15.2 Å². The fraction of sp³-hybridized carbons (Fsp3) is 0.565. The Morgan fingerprint density at radius 1 is 1.23 bits per heavy atom. The Kier molecular flexibility index (Phi) is 8.44. The van der Waals surface area contributed by atoms with Crippen molar-refractivity contribution in [3.8, 4) is 5.75 Å². The number of benzene rings is 1. The fourth-order valence-electron chi connectivity index (χ4n) is 4.60. The molecule has 1 saturated carbocycles. The second kappa shape index (κ2) is 11.1. The van der Waals surface area contributed by atoms with Crippen LogP contribution in [0.25, 0.3) is 0 Å². The Balaban J connectivity index is 1.73. The number of carbonyl (C=O) groups is 1. The maximum atomic E-state index is 12.9. The lowest BCUT2D eigenvalue weighted by molar-refractivity contribution is -0.141. The van der Waals surface area contributed by atoms with Crippen LogP contribution in [0.15, 0.2) is 36.5 Å². The zero-order valence-corrected chi connectivity index (χ0v) is 19.3. The van der Waals surface area contributed by atoms with Crippen molar-refractivity contribution in [1.29, 1.82) is 0 Å². The predicted octanol–water partition coefficient (Wildman–Crippen LogP) is 5.93. The molecule has 1 aliphatic rings. The first-order chi connectivity index (χ1) is 16.5. The number of amides is 1. The van der Waals surface area contributed by atoms with Gasteiger partial charge in [0.2, 0.25) is 0 Å². The molecule has 35 heavy (non-hydrogen) atoms. The van der Waals surface area contributed by atoms with Crippen molar-refractivity contribution in [3.05, 3.63) is 42.2 Å². The number of nitrogens with one attached hydrogen (secondary N) is 1. The van der Waals surface area contributed by atoms with Crippen LogP contribution in [0.3, 0.4) is 0 Å². The third-order valence-electron chi connectivity index (χ3n) is 6.32. The van der Waals surface area contributed by atoms with E-state index in [0.29, 0.717) is 18.0 Å². The van der Waals surface area contributed by atoms with E-state index in [0.717, 1.165) is 36.4 Å². The Labute approximate surface area is 199 Å². The highest BCUT2D eigenvalue weighted by molar-refractivity contribution is 5.66. The Bertz CT molecular complexity index is 961. The molecule has 1 aliphatic carbocycles. The van der Waals surface area contributed by atoms with Crippen molar-refractivity contribution in [1.82, 2.24) is 14.7 Å². The van der Waals surface area contributed by atoms with Crippen molar-refractivity contribution in [3.63, 3.8) is 0 Å². The summed E-state index contributed by atoms with van der Waals surface area (Å²) < 4.78 is 68.8. The Morgan fingerprint density at radius 3 is 2.43 bits per heavy atom. The molecule has 0 bridgehead atoms. The molecule has 0 spiro atoms. The normalized spacial score (nSPS) is 16.3. The SMILES string of the molecule is C[C@@](CNc1ccc(OC(F)F)cc1)(CC1CCCC1)N(CCn1ccc(C(F)(F)F)n1)C(=O)O. The molecular weight excluding hydrogens is 475 g/mol. The monoisotopic (exact) mass is 504 g/mol. The standard InChI is InChI=1S/C23H29F5N4O3/c1-22(14-16-4-2-3-5-16,15-29-17-6-8-18(9-7-17)35-20(24)25)32(21(33)34)13-12-31-11-10-19(30-31)23(26,27)28/h6-11,16,20,29H,2-5,12-15H2,1H3,(H,33,34)/t22-/m0/s1. The minimum Gasteiger partial charge on any atom is -0.465 e. The van der Waals surface area contributed by atoms with Crippen LogP contribution in [0.1, 0.15) is 44.7 Å². The summed E-state index contributed by atoms with van der Waals surface area (Å²) in [4.78, 5) is 13.5. The van der Waals surface area contributed by atoms with Crippen molar-refractivity contribution in [2.24, 2.45) is 5.92 Å². The second-order valence-electron chi connectivity index (χ2n) is 9.00. The third kappa shape index (κ3) is 7.46. The first-order valence-electron chi connectivity index (χ1n) is 11.4. The first-order valence-corrected chi connectivity index (χ1v) is 11.4. The fourth-order valence-corrected chi connectivity index (χ4v) is 4.60. The van der Waals surface area contributed by atoms with E-state index in [4.69, 9.17) is 0 Å². The summed E-state index contributed by atoms with van der Waals surface area (Å²) in [5.74, 6) is 0.330. The summed E-state index contributed by atoms with van der Waals surface area (Å²) in [6.45, 7) is -1.000. The topological polar surface area (TPSA) is 79.6 Å². The Morgan fingerprint density at radius 2 is 1.89 bits per heavy atom. The molecule has 1 heterocycles. The third-order valence-corrected chi connectivity index (χ3v) is 6.32. The maximum Gasteiger partial charge on any atom is 0.435 e. The summed E-state index contributed by atoms with van der Waals surface area (Å²) >= 11 is 0. The number of hydrogen-bond donors (Lipinski definition) is 2. The summed E-state index contributed by atoms with van der Waals surface area (Å²) in [6, 6.07) is 6.73. The van der Waals surface area contributed by atoms with Crippen LogP contribution in [-0.2, 0) is 12.7 Å². The number of halogens is 5. The van der Waals surface area contributed by atoms with E-state index in [2.05, 4.69) is 15.2 Å². The molecule has 2 N–H and O–H groups in total. The lowest BCUT2D eigenvalue weighted by Gasteiger charge is -2.41. The Hall–Kier alpha value is -3.05. The van der Waals surface area contributed by atoms with E-state index >= 15 is 0 Å². The highest BCUT2D eigenvalue weighted by Gasteiger charge is 2.38. The highest BCUT2D eigenvalue weighted by atomic mass is 19.4. The summed E-state index contributed by atoms with van der Waals surface area (Å²) in [5.41, 5.74) is -1.32. The van der Waals surface area contributed by atoms with Crippen LogP contribution in [0.5, 0.6) is 5.75 Å². The van der Waals surface area contributed by atoms with Crippen LogP contribution < -0.4 is 10.1 Å². The van der Waals surface area contributed by atoms with Crippen molar-refractivity contribution in [2.45, 2.75) is 63.9 Å². The van der Waals surface area contributed by atoms with Gasteiger partial charge in [-0.1, -0.05) is 25.7 Å². The van der Waals surface area contributed by atoms with Gasteiger partial charge in [-0.3, -0.25) is 9.58 Å². The first kappa shape index (κ1) is 26.6. The van der Waals surface area contributed by atoms with E-state index in [1.807, 2.05) is 6.92 Å². The van der Waals surface area contributed by atoms with Crippen molar-refractivity contribution < 1.29 is 36.6 Å². The molecule has 0 saturated heterocycles. The summed E-state index contributed by atoms with van der Waals surface area (Å²) in [5, 5.41) is 16.7. The van der Waals surface area contributed by atoms with Gasteiger partial charge in [0.05, 0.1) is 12.1 Å². The minimum atomic E-state index is -4.57. The molecule has 0 aliphatic heterocycles. The largest absolute Gasteiger partial charge is 0.465 e. The maximum absolute atomic E-state index is 12.9. The van der Waals surface area contributed by atoms with Crippen molar-refractivity contribution in [2.75, 3.05) is 18.4 Å². The van der Waals surface area contributed by atoms with Gasteiger partial charge in [0.25, 0.3) is 0 Å². The van der Waals surface area contributed by atoms with Crippen LogP contribution in [-0.4, -0.2) is 51.1 Å². The molecule has 2 aromatic rings. The van der Waals surface area contributed by atoms with Gasteiger partial charge in [0.15, 0.2) is 5.69 Å². The molecule has 3 rings (SSSR count). The zero-order valence-electron chi connectivity index (χ0n) is 19.3. The van der Waals surface area contributed by atoms with Gasteiger partial charge in [-0.15, -0.1) is 0 Å². The van der Waals surface area contributed by atoms with Gasteiger partial charge in [0.1, 0.15) is 5.75 Å². The van der Waals surface area contributed by atoms with E-state index in [1.54, 1.807) is 12.1 Å². The molecule has 1 aromatic carbocycles.